The number of methoxy groups -OCH3 is 1. The van der Waals surface area contributed by atoms with Crippen LogP contribution in [0, 0.1) is 5.92 Å². The van der Waals surface area contributed by atoms with Crippen molar-refractivity contribution in [3.05, 3.63) is 42.0 Å². The molecule has 2 aromatic rings. The van der Waals surface area contributed by atoms with E-state index in [2.05, 4.69) is 40.4 Å². The van der Waals surface area contributed by atoms with Gasteiger partial charge in [-0.25, -0.2) is 0 Å². The number of likely N-dealkylation sites (tertiary alicyclic amines) is 1. The number of rotatable bonds is 5. The van der Waals surface area contributed by atoms with Crippen LogP contribution in [0.15, 0.2) is 41.6 Å². The van der Waals surface area contributed by atoms with E-state index in [0.717, 1.165) is 67.6 Å². The minimum Gasteiger partial charge on any atom is -0.497 e. The molecule has 156 valence electrons. The average molecular weight is 397 g/mol. The highest BCUT2D eigenvalue weighted by molar-refractivity contribution is 6.04. The van der Waals surface area contributed by atoms with Crippen molar-refractivity contribution in [3.8, 4) is 5.75 Å². The molecule has 1 heterocycles. The van der Waals surface area contributed by atoms with Crippen LogP contribution in [0.4, 0.5) is 0 Å². The molecular weight excluding hydrogens is 364 g/mol. The molecule has 2 fully saturated rings. The van der Waals surface area contributed by atoms with Crippen LogP contribution in [-0.4, -0.2) is 55.2 Å². The minimum atomic E-state index is -0.103. The zero-order valence-corrected chi connectivity index (χ0v) is 17.5. The first-order valence-corrected chi connectivity index (χ1v) is 10.8. The maximum atomic E-state index is 9.84. The molecule has 0 spiro atoms. The monoisotopic (exact) mass is 396 g/mol. The average Bonchev–Trinajstić information content (AvgIpc) is 2.77. The number of piperidine rings is 1. The van der Waals surface area contributed by atoms with E-state index in [9.17, 15) is 5.11 Å². The van der Waals surface area contributed by atoms with Gasteiger partial charge in [-0.3, -0.25) is 4.90 Å². The Bertz CT molecular complexity index is 858. The molecule has 1 N–H and O–H groups in total. The van der Waals surface area contributed by atoms with E-state index in [1.54, 1.807) is 14.2 Å². The van der Waals surface area contributed by atoms with Crippen LogP contribution in [0.5, 0.6) is 5.75 Å². The molecule has 1 atom stereocenters. The van der Waals surface area contributed by atoms with Gasteiger partial charge in [0.1, 0.15) is 12.9 Å². The normalized spacial score (nSPS) is 26.4. The first-order valence-electron chi connectivity index (χ1n) is 10.8. The molecule has 2 aromatic carbocycles. The summed E-state index contributed by atoms with van der Waals surface area (Å²) in [5.41, 5.74) is 2.18. The Hall–Kier alpha value is -2.11. The molecular formula is C24H32N2O3. The fourth-order valence-corrected chi connectivity index (χ4v) is 4.96. The summed E-state index contributed by atoms with van der Waals surface area (Å²) in [5.74, 6) is 1.24. The summed E-state index contributed by atoms with van der Waals surface area (Å²) in [7, 11) is 3.33. The van der Waals surface area contributed by atoms with Crippen molar-refractivity contribution < 1.29 is 14.7 Å². The topological polar surface area (TPSA) is 54.3 Å². The molecule has 0 radical (unpaired) electrons. The van der Waals surface area contributed by atoms with E-state index in [1.165, 1.54) is 11.8 Å². The summed E-state index contributed by atoms with van der Waals surface area (Å²) in [6, 6.07) is 13.3. The maximum Gasteiger partial charge on any atom is 0.119 e. The van der Waals surface area contributed by atoms with Crippen LogP contribution in [0.25, 0.3) is 10.8 Å². The highest BCUT2D eigenvalue weighted by Crippen LogP contribution is 2.30. The van der Waals surface area contributed by atoms with Gasteiger partial charge in [-0.1, -0.05) is 23.4 Å². The third-order valence-electron chi connectivity index (χ3n) is 6.55. The first-order chi connectivity index (χ1) is 14.2. The molecule has 0 bridgehead atoms. The van der Waals surface area contributed by atoms with E-state index >= 15 is 0 Å². The predicted octanol–water partition coefficient (Wildman–Crippen LogP) is 4.21. The Morgan fingerprint density at radius 3 is 2.52 bits per heavy atom. The molecule has 1 saturated heterocycles. The second-order valence-corrected chi connectivity index (χ2v) is 8.38. The first kappa shape index (κ1) is 20.2. The van der Waals surface area contributed by atoms with E-state index in [0.29, 0.717) is 12.0 Å². The van der Waals surface area contributed by atoms with Gasteiger partial charge >= 0.3 is 0 Å². The van der Waals surface area contributed by atoms with Crippen molar-refractivity contribution in [2.45, 2.75) is 50.7 Å². The highest BCUT2D eigenvalue weighted by atomic mass is 16.6. The Morgan fingerprint density at radius 1 is 1.00 bits per heavy atom. The maximum absolute atomic E-state index is 9.84. The number of hydrogen-bond donors (Lipinski definition) is 1. The number of aliphatic hydroxyl groups excluding tert-OH is 1. The number of fused-ring (bicyclic) bond motifs is 1. The van der Waals surface area contributed by atoms with Crippen molar-refractivity contribution >= 4 is 16.5 Å². The van der Waals surface area contributed by atoms with Crippen molar-refractivity contribution in [2.75, 3.05) is 27.3 Å². The Labute approximate surface area is 173 Å². The lowest BCUT2D eigenvalue weighted by Crippen LogP contribution is -2.46. The molecule has 4 rings (SSSR count). The van der Waals surface area contributed by atoms with E-state index < -0.39 is 0 Å². The summed E-state index contributed by atoms with van der Waals surface area (Å²) in [6.45, 7) is 2.17. The van der Waals surface area contributed by atoms with Crippen LogP contribution < -0.4 is 4.74 Å². The summed E-state index contributed by atoms with van der Waals surface area (Å²) in [4.78, 5) is 7.89. The third kappa shape index (κ3) is 4.57. The molecule has 1 saturated carbocycles. The van der Waals surface area contributed by atoms with Gasteiger partial charge in [0.2, 0.25) is 0 Å². The zero-order valence-electron chi connectivity index (χ0n) is 17.5. The molecule has 5 nitrogen and oxygen atoms in total. The van der Waals surface area contributed by atoms with Crippen molar-refractivity contribution in [1.82, 2.24) is 4.90 Å². The fraction of sp³-hybridized carbons (Fsp3) is 0.542. The molecule has 1 unspecified atom stereocenters. The Kier molecular flexibility index (Phi) is 6.36. The predicted molar refractivity (Wildman–Crippen MR) is 117 cm³/mol. The van der Waals surface area contributed by atoms with Crippen LogP contribution >= 0.6 is 0 Å². The van der Waals surface area contributed by atoms with Gasteiger partial charge in [-0.15, -0.1) is 0 Å². The lowest BCUT2D eigenvalue weighted by Gasteiger charge is -2.41. The van der Waals surface area contributed by atoms with Gasteiger partial charge in [0.05, 0.1) is 18.9 Å². The fourth-order valence-electron chi connectivity index (χ4n) is 4.96. The number of nitrogens with zero attached hydrogens (tertiary/aromatic N) is 2. The van der Waals surface area contributed by atoms with Crippen LogP contribution in [0.3, 0.4) is 0 Å². The quantitative estimate of drug-likeness (QED) is 0.607. The standard InChI is InChI=1S/C24H32N2O3/c1-28-23-12-7-17-14-19(6-5-18(17)15-23)24(25-29-2)20-4-3-13-26(16-20)21-8-10-22(27)11-9-21/h5-7,12,14-15,20-22,27H,3-4,8-11,13,16H2,1-2H3/b25-24-. The van der Waals surface area contributed by atoms with Crippen molar-refractivity contribution in [1.29, 1.82) is 0 Å². The smallest absolute Gasteiger partial charge is 0.119 e. The van der Waals surface area contributed by atoms with Gasteiger partial charge in [-0.2, -0.15) is 0 Å². The molecule has 0 amide bonds. The third-order valence-corrected chi connectivity index (χ3v) is 6.55. The van der Waals surface area contributed by atoms with E-state index in [-0.39, 0.29) is 6.10 Å². The molecule has 1 aliphatic carbocycles. The highest BCUT2D eigenvalue weighted by Gasteiger charge is 2.31. The summed E-state index contributed by atoms with van der Waals surface area (Å²) >= 11 is 0. The largest absolute Gasteiger partial charge is 0.497 e. The Balaban J connectivity index is 1.55. The lowest BCUT2D eigenvalue weighted by molar-refractivity contribution is 0.0588. The van der Waals surface area contributed by atoms with Crippen LogP contribution in [-0.2, 0) is 4.84 Å². The number of aliphatic hydroxyl groups is 1. The van der Waals surface area contributed by atoms with Gasteiger partial charge in [0, 0.05) is 24.1 Å². The van der Waals surface area contributed by atoms with E-state index in [1.807, 2.05) is 6.07 Å². The van der Waals surface area contributed by atoms with Crippen molar-refractivity contribution in [3.63, 3.8) is 0 Å². The van der Waals surface area contributed by atoms with Gasteiger partial charge in [-0.05, 0) is 74.0 Å². The second kappa shape index (κ2) is 9.14. The number of ether oxygens (including phenoxy) is 1. The molecule has 29 heavy (non-hydrogen) atoms. The lowest BCUT2D eigenvalue weighted by atomic mass is 9.85. The van der Waals surface area contributed by atoms with Crippen LogP contribution in [0.1, 0.15) is 44.1 Å². The van der Waals surface area contributed by atoms with Gasteiger partial charge < -0.3 is 14.7 Å². The van der Waals surface area contributed by atoms with Gasteiger partial charge in [0.15, 0.2) is 0 Å². The number of oxime groups is 1. The zero-order chi connectivity index (χ0) is 20.2. The van der Waals surface area contributed by atoms with Gasteiger partial charge in [0.25, 0.3) is 0 Å². The van der Waals surface area contributed by atoms with E-state index in [4.69, 9.17) is 9.57 Å². The van der Waals surface area contributed by atoms with Crippen molar-refractivity contribution in [2.24, 2.45) is 11.1 Å². The molecule has 1 aliphatic heterocycles. The minimum absolute atomic E-state index is 0.103. The summed E-state index contributed by atoms with van der Waals surface area (Å²) in [5, 5.41) is 16.7. The van der Waals surface area contributed by atoms with Crippen LogP contribution in [0.2, 0.25) is 0 Å². The summed E-state index contributed by atoms with van der Waals surface area (Å²) < 4.78 is 5.34. The molecule has 5 heteroatoms. The Morgan fingerprint density at radius 2 is 1.76 bits per heavy atom. The summed E-state index contributed by atoms with van der Waals surface area (Å²) in [6.07, 6.45) is 6.27. The SMILES string of the molecule is CO/N=C(/c1ccc2cc(OC)ccc2c1)C1CCCN(C2CCC(O)CC2)C1. The number of benzene rings is 2. The second-order valence-electron chi connectivity index (χ2n) is 8.38. The molecule has 2 aliphatic rings. The number of hydrogen-bond acceptors (Lipinski definition) is 5. The molecule has 0 aromatic heterocycles.